The SMILES string of the molecule is O=C(COC(=O)c1cccc(N2C(=O)[C@@H]3[C@@H]4C[C@@H]([C@@H]3C2=O)[C@H](c2ccccc2)C4)c1)Nc1cccc(C(F)(F)F)c1. The van der Waals surface area contributed by atoms with Crippen molar-refractivity contribution in [1.82, 2.24) is 0 Å². The minimum atomic E-state index is -4.57. The van der Waals surface area contributed by atoms with Crippen molar-refractivity contribution in [1.29, 1.82) is 0 Å². The Hall–Kier alpha value is -4.47. The lowest BCUT2D eigenvalue weighted by Crippen LogP contribution is -2.33. The van der Waals surface area contributed by atoms with Crippen molar-refractivity contribution in [2.45, 2.75) is 24.9 Å². The zero-order valence-corrected chi connectivity index (χ0v) is 21.6. The first-order chi connectivity index (χ1) is 19.6. The summed E-state index contributed by atoms with van der Waals surface area (Å²) in [4.78, 5) is 53.1. The molecule has 3 fully saturated rings. The lowest BCUT2D eigenvalue weighted by Gasteiger charge is -2.28. The molecule has 0 aromatic heterocycles. The first-order valence-corrected chi connectivity index (χ1v) is 13.3. The van der Waals surface area contributed by atoms with E-state index in [0.717, 1.165) is 31.0 Å². The number of halogens is 3. The van der Waals surface area contributed by atoms with E-state index in [-0.39, 0.29) is 52.4 Å². The van der Waals surface area contributed by atoms with Crippen molar-refractivity contribution < 1.29 is 37.1 Å². The second-order valence-corrected chi connectivity index (χ2v) is 10.7. The van der Waals surface area contributed by atoms with Gasteiger partial charge in [0, 0.05) is 5.69 Å². The monoisotopic (exact) mass is 562 g/mol. The summed E-state index contributed by atoms with van der Waals surface area (Å²) in [5.74, 6) is -2.57. The highest BCUT2D eigenvalue weighted by Gasteiger charge is 2.64. The Balaban J connectivity index is 1.12. The summed E-state index contributed by atoms with van der Waals surface area (Å²) in [6, 6.07) is 20.0. The summed E-state index contributed by atoms with van der Waals surface area (Å²) in [6.07, 6.45) is -2.87. The topological polar surface area (TPSA) is 92.8 Å². The van der Waals surface area contributed by atoms with Crippen molar-refractivity contribution in [2.24, 2.45) is 23.7 Å². The summed E-state index contributed by atoms with van der Waals surface area (Å²) in [5, 5.41) is 2.27. The highest BCUT2D eigenvalue weighted by Crippen LogP contribution is 2.61. The number of hydrogen-bond donors (Lipinski definition) is 1. The maximum absolute atomic E-state index is 13.6. The molecule has 0 spiro atoms. The number of nitrogens with one attached hydrogen (secondary N) is 1. The van der Waals surface area contributed by atoms with Crippen molar-refractivity contribution in [3.63, 3.8) is 0 Å². The fraction of sp³-hybridized carbons (Fsp3) is 0.290. The van der Waals surface area contributed by atoms with E-state index in [1.165, 1.54) is 34.7 Å². The van der Waals surface area contributed by atoms with E-state index in [2.05, 4.69) is 17.4 Å². The number of benzene rings is 3. The highest BCUT2D eigenvalue weighted by molar-refractivity contribution is 6.23. The number of alkyl halides is 3. The van der Waals surface area contributed by atoms with Gasteiger partial charge in [0.05, 0.1) is 28.7 Å². The van der Waals surface area contributed by atoms with Crippen LogP contribution >= 0.6 is 0 Å². The number of esters is 1. The number of imide groups is 1. The van der Waals surface area contributed by atoms with Gasteiger partial charge in [0.15, 0.2) is 6.61 Å². The molecule has 5 atom stereocenters. The molecule has 6 rings (SSSR count). The van der Waals surface area contributed by atoms with Crippen LogP contribution in [0.4, 0.5) is 24.5 Å². The number of fused-ring (bicyclic) bond motifs is 5. The van der Waals surface area contributed by atoms with E-state index in [0.29, 0.717) is 0 Å². The first kappa shape index (κ1) is 26.7. The largest absolute Gasteiger partial charge is 0.452 e. The molecule has 7 nitrogen and oxygen atoms in total. The van der Waals surface area contributed by atoms with Gasteiger partial charge in [0.25, 0.3) is 5.91 Å². The Morgan fingerprint density at radius 1 is 0.878 bits per heavy atom. The molecule has 2 bridgehead atoms. The average molecular weight is 563 g/mol. The molecular weight excluding hydrogens is 537 g/mol. The summed E-state index contributed by atoms with van der Waals surface area (Å²) in [7, 11) is 0. The lowest BCUT2D eigenvalue weighted by molar-refractivity contribution is -0.137. The molecule has 1 N–H and O–H groups in total. The number of ether oxygens (including phenoxy) is 1. The molecule has 10 heteroatoms. The third-order valence-corrected chi connectivity index (χ3v) is 8.39. The lowest BCUT2D eigenvalue weighted by atomic mass is 9.73. The second kappa shape index (κ2) is 10.2. The molecular formula is C31H25F3N2O5. The molecule has 1 saturated heterocycles. The van der Waals surface area contributed by atoms with E-state index >= 15 is 0 Å². The molecule has 1 aliphatic heterocycles. The summed E-state index contributed by atoms with van der Waals surface area (Å²) in [6.45, 7) is -0.741. The van der Waals surface area contributed by atoms with E-state index in [4.69, 9.17) is 4.74 Å². The third-order valence-electron chi connectivity index (χ3n) is 8.39. The smallest absolute Gasteiger partial charge is 0.416 e. The minimum absolute atomic E-state index is 0.0252. The maximum atomic E-state index is 13.6. The van der Waals surface area contributed by atoms with E-state index < -0.39 is 36.1 Å². The number of carbonyl (C=O) groups excluding carboxylic acids is 4. The molecule has 2 aliphatic carbocycles. The van der Waals surface area contributed by atoms with Gasteiger partial charge in [0.2, 0.25) is 11.8 Å². The number of nitrogens with zero attached hydrogens (tertiary/aromatic N) is 1. The first-order valence-electron chi connectivity index (χ1n) is 13.3. The molecule has 0 radical (unpaired) electrons. The summed E-state index contributed by atoms with van der Waals surface area (Å²) < 4.78 is 43.8. The Bertz CT molecular complexity index is 1540. The van der Waals surface area contributed by atoms with Crippen LogP contribution in [0.5, 0.6) is 0 Å². The van der Waals surface area contributed by atoms with Crippen molar-refractivity contribution >= 4 is 35.1 Å². The fourth-order valence-corrected chi connectivity index (χ4v) is 6.75. The summed E-state index contributed by atoms with van der Waals surface area (Å²) in [5.41, 5.74) is 0.440. The molecule has 1 heterocycles. The molecule has 41 heavy (non-hydrogen) atoms. The van der Waals surface area contributed by atoms with Crippen LogP contribution in [0, 0.1) is 23.7 Å². The molecule has 210 valence electrons. The van der Waals surface area contributed by atoms with E-state index in [1.54, 1.807) is 6.07 Å². The van der Waals surface area contributed by atoms with E-state index in [9.17, 15) is 32.3 Å². The van der Waals surface area contributed by atoms with Gasteiger partial charge in [-0.25, -0.2) is 4.79 Å². The molecule has 0 unspecified atom stereocenters. The Labute approximate surface area is 233 Å². The van der Waals surface area contributed by atoms with Crippen molar-refractivity contribution in [3.8, 4) is 0 Å². The predicted octanol–water partition coefficient (Wildman–Crippen LogP) is 5.43. The van der Waals surface area contributed by atoms with Crippen LogP contribution in [0.2, 0.25) is 0 Å². The van der Waals surface area contributed by atoms with Crippen LogP contribution in [0.1, 0.15) is 40.2 Å². The average Bonchev–Trinajstić information content (AvgIpc) is 3.63. The van der Waals surface area contributed by atoms with Gasteiger partial charge in [-0.3, -0.25) is 19.3 Å². The molecule has 3 aliphatic rings. The third kappa shape index (κ3) is 4.87. The van der Waals surface area contributed by atoms with Gasteiger partial charge in [-0.2, -0.15) is 13.2 Å². The quantitative estimate of drug-likeness (QED) is 0.320. The molecule has 3 aromatic carbocycles. The minimum Gasteiger partial charge on any atom is -0.452 e. The van der Waals surface area contributed by atoms with Crippen LogP contribution in [0.3, 0.4) is 0 Å². The zero-order chi connectivity index (χ0) is 28.9. The zero-order valence-electron chi connectivity index (χ0n) is 21.6. The van der Waals surface area contributed by atoms with Gasteiger partial charge >= 0.3 is 12.1 Å². The number of carbonyl (C=O) groups is 4. The van der Waals surface area contributed by atoms with Gasteiger partial charge in [0.1, 0.15) is 0 Å². The number of anilines is 2. The highest BCUT2D eigenvalue weighted by atomic mass is 19.4. The van der Waals surface area contributed by atoms with Crippen LogP contribution in [0.15, 0.2) is 78.9 Å². The van der Waals surface area contributed by atoms with E-state index in [1.807, 2.05) is 18.2 Å². The predicted molar refractivity (Wildman–Crippen MR) is 142 cm³/mol. The maximum Gasteiger partial charge on any atom is 0.416 e. The summed E-state index contributed by atoms with van der Waals surface area (Å²) >= 11 is 0. The van der Waals surface area contributed by atoms with Gasteiger partial charge in [-0.05, 0) is 72.6 Å². The van der Waals surface area contributed by atoms with Gasteiger partial charge in [-0.1, -0.05) is 42.5 Å². The van der Waals surface area contributed by atoms with Crippen LogP contribution in [-0.4, -0.2) is 30.3 Å². The molecule has 3 aromatic rings. The number of rotatable bonds is 6. The van der Waals surface area contributed by atoms with Crippen molar-refractivity contribution in [3.05, 3.63) is 95.6 Å². The van der Waals surface area contributed by atoms with Crippen molar-refractivity contribution in [2.75, 3.05) is 16.8 Å². The van der Waals surface area contributed by atoms with Crippen LogP contribution in [-0.2, 0) is 25.3 Å². The Kier molecular flexibility index (Phi) is 6.63. The normalized spacial score (nSPS) is 24.9. The van der Waals surface area contributed by atoms with Crippen LogP contribution in [0.25, 0.3) is 0 Å². The molecule has 3 amide bonds. The molecule has 2 saturated carbocycles. The Morgan fingerprint density at radius 3 is 2.37 bits per heavy atom. The fourth-order valence-electron chi connectivity index (χ4n) is 6.75. The second-order valence-electron chi connectivity index (χ2n) is 10.7. The number of amides is 3. The van der Waals surface area contributed by atoms with Gasteiger partial charge in [-0.15, -0.1) is 0 Å². The van der Waals surface area contributed by atoms with Gasteiger partial charge < -0.3 is 10.1 Å². The number of hydrogen-bond acceptors (Lipinski definition) is 5. The standard InChI is InChI=1S/C31H25F3N2O5/c32-31(33,34)20-9-5-10-21(15-20)35-25(37)16-41-30(40)18-8-4-11-22(12-18)36-28(38)26-19-13-23(17-6-2-1-3-7-17)24(14-19)27(26)29(36)39/h1-12,15,19,23-24,26-27H,13-14,16H2,(H,35,37)/t19-,23-,24+,26+,27-/m0/s1. The van der Waals surface area contributed by atoms with Crippen LogP contribution < -0.4 is 10.2 Å². The Morgan fingerprint density at radius 2 is 1.61 bits per heavy atom.